The van der Waals surface area contributed by atoms with Gasteiger partial charge < -0.3 is 9.80 Å². The van der Waals surface area contributed by atoms with Crippen molar-refractivity contribution in [2.24, 2.45) is 0 Å². The van der Waals surface area contributed by atoms with Crippen LogP contribution in [0.1, 0.15) is 28.9 Å². The summed E-state index contributed by atoms with van der Waals surface area (Å²) in [4.78, 5) is 28.1. The summed E-state index contributed by atoms with van der Waals surface area (Å²) < 4.78 is 1.57. The molecule has 1 aromatic heterocycles. The van der Waals surface area contributed by atoms with Crippen LogP contribution in [0.25, 0.3) is 5.69 Å². The van der Waals surface area contributed by atoms with E-state index < -0.39 is 6.04 Å². The van der Waals surface area contributed by atoms with Crippen LogP contribution in [0.5, 0.6) is 0 Å². The van der Waals surface area contributed by atoms with Gasteiger partial charge in [-0.1, -0.05) is 22.9 Å². The lowest BCUT2D eigenvalue weighted by atomic mass is 10.2. The van der Waals surface area contributed by atoms with E-state index in [4.69, 9.17) is 0 Å². The highest BCUT2D eigenvalue weighted by Crippen LogP contribution is 2.21. The predicted molar refractivity (Wildman–Crippen MR) is 88.8 cm³/mol. The van der Waals surface area contributed by atoms with Crippen molar-refractivity contribution in [2.45, 2.75) is 25.8 Å². The van der Waals surface area contributed by atoms with E-state index in [1.807, 2.05) is 31.2 Å². The molecule has 24 heavy (non-hydrogen) atoms. The van der Waals surface area contributed by atoms with Crippen LogP contribution in [0.3, 0.4) is 0 Å². The zero-order chi connectivity index (χ0) is 17.3. The minimum Gasteiger partial charge on any atom is -0.347 e. The van der Waals surface area contributed by atoms with Crippen molar-refractivity contribution in [2.75, 3.05) is 20.6 Å². The molecule has 0 aliphatic carbocycles. The van der Waals surface area contributed by atoms with Crippen LogP contribution in [-0.2, 0) is 4.79 Å². The minimum atomic E-state index is -0.406. The smallest absolute Gasteiger partial charge is 0.276 e. The Morgan fingerprint density at radius 3 is 2.58 bits per heavy atom. The Hall–Kier alpha value is -2.70. The SMILES string of the molecule is Cc1ccc(-n2cc(C(=O)N3CCCC3C(=O)N(C)C)nn2)cc1. The molecule has 0 bridgehead atoms. The Bertz CT molecular complexity index is 751. The van der Waals surface area contributed by atoms with Crippen molar-refractivity contribution >= 4 is 11.8 Å². The van der Waals surface area contributed by atoms with Crippen LogP contribution < -0.4 is 0 Å². The monoisotopic (exact) mass is 327 g/mol. The molecule has 2 aromatic rings. The molecule has 0 spiro atoms. The predicted octanol–water partition coefficient (Wildman–Crippen LogP) is 1.27. The van der Waals surface area contributed by atoms with Gasteiger partial charge in [0, 0.05) is 20.6 Å². The average Bonchev–Trinajstić information content (AvgIpc) is 3.23. The van der Waals surface area contributed by atoms with Gasteiger partial charge in [-0.05, 0) is 31.9 Å². The third kappa shape index (κ3) is 3.02. The van der Waals surface area contributed by atoms with Gasteiger partial charge in [0.15, 0.2) is 5.69 Å². The molecule has 1 saturated heterocycles. The summed E-state index contributed by atoms with van der Waals surface area (Å²) in [6.45, 7) is 2.58. The summed E-state index contributed by atoms with van der Waals surface area (Å²) in [6.07, 6.45) is 3.12. The van der Waals surface area contributed by atoms with Crippen LogP contribution in [0.2, 0.25) is 0 Å². The van der Waals surface area contributed by atoms with Gasteiger partial charge in [0.25, 0.3) is 5.91 Å². The summed E-state index contributed by atoms with van der Waals surface area (Å²) in [5.41, 5.74) is 2.25. The lowest BCUT2D eigenvalue weighted by molar-refractivity contribution is -0.132. The highest BCUT2D eigenvalue weighted by molar-refractivity contribution is 5.96. The van der Waals surface area contributed by atoms with Crippen molar-refractivity contribution < 1.29 is 9.59 Å². The second-order valence-electron chi connectivity index (χ2n) is 6.27. The maximum atomic E-state index is 12.7. The zero-order valence-electron chi connectivity index (χ0n) is 14.1. The van der Waals surface area contributed by atoms with E-state index in [0.717, 1.165) is 17.7 Å². The number of nitrogens with zero attached hydrogens (tertiary/aromatic N) is 5. The third-order valence-corrected chi connectivity index (χ3v) is 4.25. The topological polar surface area (TPSA) is 71.3 Å². The van der Waals surface area contributed by atoms with E-state index in [0.29, 0.717) is 13.0 Å². The summed E-state index contributed by atoms with van der Waals surface area (Å²) in [5, 5.41) is 8.03. The lowest BCUT2D eigenvalue weighted by Crippen LogP contribution is -2.45. The number of amides is 2. The van der Waals surface area contributed by atoms with Crippen molar-refractivity contribution in [3.8, 4) is 5.69 Å². The number of likely N-dealkylation sites (N-methyl/N-ethyl adjacent to an activating group) is 1. The summed E-state index contributed by atoms with van der Waals surface area (Å²) in [6, 6.07) is 7.39. The normalized spacial score (nSPS) is 17.1. The number of hydrogen-bond donors (Lipinski definition) is 0. The van der Waals surface area contributed by atoms with E-state index in [9.17, 15) is 9.59 Å². The van der Waals surface area contributed by atoms with Gasteiger partial charge in [-0.15, -0.1) is 5.10 Å². The van der Waals surface area contributed by atoms with Crippen LogP contribution in [0, 0.1) is 6.92 Å². The largest absolute Gasteiger partial charge is 0.347 e. The van der Waals surface area contributed by atoms with Gasteiger partial charge in [-0.2, -0.15) is 0 Å². The first-order chi connectivity index (χ1) is 11.5. The van der Waals surface area contributed by atoms with Gasteiger partial charge in [-0.25, -0.2) is 4.68 Å². The molecular formula is C17H21N5O2. The Balaban J connectivity index is 1.80. The second-order valence-corrected chi connectivity index (χ2v) is 6.27. The summed E-state index contributed by atoms with van der Waals surface area (Å²) >= 11 is 0. The fourth-order valence-corrected chi connectivity index (χ4v) is 2.90. The molecule has 7 nitrogen and oxygen atoms in total. The summed E-state index contributed by atoms with van der Waals surface area (Å²) in [7, 11) is 3.41. The minimum absolute atomic E-state index is 0.0493. The third-order valence-electron chi connectivity index (χ3n) is 4.25. The maximum Gasteiger partial charge on any atom is 0.276 e. The van der Waals surface area contributed by atoms with E-state index in [1.54, 1.807) is 29.9 Å². The Morgan fingerprint density at radius 2 is 1.92 bits per heavy atom. The van der Waals surface area contributed by atoms with E-state index in [-0.39, 0.29) is 17.5 Å². The lowest BCUT2D eigenvalue weighted by Gasteiger charge is -2.25. The van der Waals surface area contributed by atoms with Crippen molar-refractivity contribution in [1.82, 2.24) is 24.8 Å². The first-order valence-electron chi connectivity index (χ1n) is 7.99. The molecule has 1 unspecified atom stereocenters. The number of carbonyl (C=O) groups is 2. The van der Waals surface area contributed by atoms with E-state index in [1.165, 1.54) is 4.90 Å². The number of hydrogen-bond acceptors (Lipinski definition) is 4. The number of carbonyl (C=O) groups excluding carboxylic acids is 2. The van der Waals surface area contributed by atoms with Gasteiger partial charge >= 0.3 is 0 Å². The van der Waals surface area contributed by atoms with Crippen molar-refractivity contribution in [3.05, 3.63) is 41.7 Å². The van der Waals surface area contributed by atoms with Gasteiger partial charge in [0.1, 0.15) is 6.04 Å². The molecule has 0 saturated carbocycles. The Morgan fingerprint density at radius 1 is 1.21 bits per heavy atom. The maximum absolute atomic E-state index is 12.7. The second kappa shape index (κ2) is 6.43. The summed E-state index contributed by atoms with van der Waals surface area (Å²) in [5.74, 6) is -0.294. The standard InChI is InChI=1S/C17H21N5O2/c1-12-6-8-13(9-7-12)22-11-14(18-19-22)16(23)21-10-4-5-15(21)17(24)20(2)3/h6-9,11,15H,4-5,10H2,1-3H3. The molecule has 1 aliphatic rings. The van der Waals surface area contributed by atoms with Crippen LogP contribution in [-0.4, -0.2) is 63.3 Å². The van der Waals surface area contributed by atoms with E-state index in [2.05, 4.69) is 10.3 Å². The number of rotatable bonds is 3. The Labute approximate surface area is 140 Å². The quantitative estimate of drug-likeness (QED) is 0.851. The van der Waals surface area contributed by atoms with Crippen LogP contribution in [0.4, 0.5) is 0 Å². The highest BCUT2D eigenvalue weighted by Gasteiger charge is 2.36. The molecule has 1 atom stereocenters. The molecule has 0 radical (unpaired) electrons. The average molecular weight is 327 g/mol. The van der Waals surface area contributed by atoms with Crippen molar-refractivity contribution in [3.63, 3.8) is 0 Å². The number of aromatic nitrogens is 3. The van der Waals surface area contributed by atoms with Crippen LogP contribution in [0.15, 0.2) is 30.5 Å². The molecule has 2 amide bonds. The Kier molecular flexibility index (Phi) is 4.33. The highest BCUT2D eigenvalue weighted by atomic mass is 16.2. The molecule has 1 fully saturated rings. The zero-order valence-corrected chi connectivity index (χ0v) is 14.1. The molecular weight excluding hydrogens is 306 g/mol. The van der Waals surface area contributed by atoms with Gasteiger partial charge in [-0.3, -0.25) is 9.59 Å². The first kappa shape index (κ1) is 16.2. The number of likely N-dealkylation sites (tertiary alicyclic amines) is 1. The molecule has 1 aliphatic heterocycles. The first-order valence-corrected chi connectivity index (χ1v) is 7.99. The van der Waals surface area contributed by atoms with Gasteiger partial charge in [0.05, 0.1) is 11.9 Å². The fraction of sp³-hybridized carbons (Fsp3) is 0.412. The van der Waals surface area contributed by atoms with E-state index >= 15 is 0 Å². The fourth-order valence-electron chi connectivity index (χ4n) is 2.90. The molecule has 126 valence electrons. The van der Waals surface area contributed by atoms with Crippen molar-refractivity contribution in [1.29, 1.82) is 0 Å². The molecule has 0 N–H and O–H groups in total. The number of benzene rings is 1. The molecule has 7 heteroatoms. The number of aryl methyl sites for hydroxylation is 1. The van der Waals surface area contributed by atoms with Crippen LogP contribution >= 0.6 is 0 Å². The molecule has 1 aromatic carbocycles. The van der Waals surface area contributed by atoms with Gasteiger partial charge in [0.2, 0.25) is 5.91 Å². The molecule has 2 heterocycles. The molecule has 3 rings (SSSR count).